The van der Waals surface area contributed by atoms with Gasteiger partial charge in [0.1, 0.15) is 9.81 Å². The molecule has 2 N–H and O–H groups in total. The summed E-state index contributed by atoms with van der Waals surface area (Å²) < 4.78 is 27.2. The van der Waals surface area contributed by atoms with Crippen LogP contribution in [0.4, 0.5) is 0 Å². The summed E-state index contributed by atoms with van der Waals surface area (Å²) in [4.78, 5) is 0. The largest absolute Gasteiger partial charge is 0.384 e. The van der Waals surface area contributed by atoms with Crippen molar-refractivity contribution in [3.05, 3.63) is 52.9 Å². The number of hydrogen-bond acceptors (Lipinski definition) is 4. The summed E-state index contributed by atoms with van der Waals surface area (Å²) in [6.45, 7) is 0.00421. The van der Waals surface area contributed by atoms with Gasteiger partial charge in [0.15, 0.2) is 0 Å². The fourth-order valence-corrected chi connectivity index (χ4v) is 4.91. The van der Waals surface area contributed by atoms with Crippen LogP contribution in [0.25, 0.3) is 0 Å². The number of sulfonamides is 1. The molecule has 0 radical (unpaired) electrons. The molecule has 0 saturated heterocycles. The first-order chi connectivity index (χ1) is 10.0. The number of aliphatic hydroxyl groups is 1. The van der Waals surface area contributed by atoms with E-state index in [1.54, 1.807) is 17.5 Å². The van der Waals surface area contributed by atoms with E-state index in [9.17, 15) is 13.5 Å². The van der Waals surface area contributed by atoms with E-state index >= 15 is 0 Å². The Balaban J connectivity index is 1.83. The lowest BCUT2D eigenvalue weighted by Gasteiger charge is -2.34. The molecule has 1 aromatic heterocycles. The molecule has 112 valence electrons. The average Bonchev–Trinajstić information content (AvgIpc) is 3.01. The lowest BCUT2D eigenvalue weighted by Crippen LogP contribution is -2.42. The zero-order valence-electron chi connectivity index (χ0n) is 11.5. The number of nitrogens with one attached hydrogen (secondary N) is 1. The van der Waals surface area contributed by atoms with Crippen LogP contribution < -0.4 is 4.72 Å². The van der Waals surface area contributed by atoms with Gasteiger partial charge < -0.3 is 5.11 Å². The molecule has 3 rings (SSSR count). The number of aryl methyl sites for hydroxylation is 1. The highest BCUT2D eigenvalue weighted by Crippen LogP contribution is 2.35. The van der Waals surface area contributed by atoms with E-state index in [1.807, 2.05) is 24.3 Å². The number of rotatable bonds is 4. The van der Waals surface area contributed by atoms with Crippen LogP contribution in [0.3, 0.4) is 0 Å². The number of benzene rings is 1. The van der Waals surface area contributed by atoms with E-state index in [1.165, 1.54) is 11.3 Å². The predicted molar refractivity (Wildman–Crippen MR) is 82.8 cm³/mol. The molecule has 1 aliphatic carbocycles. The predicted octanol–water partition coefficient (Wildman–Crippen LogP) is 2.25. The first kappa shape index (κ1) is 14.7. The molecule has 0 spiro atoms. The minimum Gasteiger partial charge on any atom is -0.384 e. The van der Waals surface area contributed by atoms with Crippen molar-refractivity contribution in [3.63, 3.8) is 0 Å². The van der Waals surface area contributed by atoms with Gasteiger partial charge in [0.05, 0.1) is 0 Å². The van der Waals surface area contributed by atoms with Crippen molar-refractivity contribution in [2.75, 3.05) is 6.54 Å². The zero-order valence-corrected chi connectivity index (χ0v) is 13.1. The average molecular weight is 323 g/mol. The quantitative estimate of drug-likeness (QED) is 0.907. The van der Waals surface area contributed by atoms with Gasteiger partial charge >= 0.3 is 0 Å². The highest BCUT2D eigenvalue weighted by atomic mass is 32.2. The molecule has 2 aromatic rings. The number of hydrogen-bond donors (Lipinski definition) is 2. The van der Waals surface area contributed by atoms with Gasteiger partial charge in [-0.3, -0.25) is 0 Å². The van der Waals surface area contributed by atoms with Gasteiger partial charge in [-0.25, -0.2) is 13.1 Å². The van der Waals surface area contributed by atoms with Crippen LogP contribution >= 0.6 is 11.3 Å². The van der Waals surface area contributed by atoms with Crippen LogP contribution in [0, 0.1) is 0 Å². The Labute approximate surface area is 128 Å². The summed E-state index contributed by atoms with van der Waals surface area (Å²) in [7, 11) is -3.55. The van der Waals surface area contributed by atoms with Crippen LogP contribution in [-0.4, -0.2) is 20.1 Å². The first-order valence-corrected chi connectivity index (χ1v) is 9.21. The van der Waals surface area contributed by atoms with E-state index in [-0.39, 0.29) is 10.8 Å². The van der Waals surface area contributed by atoms with Crippen LogP contribution in [-0.2, 0) is 22.0 Å². The molecule has 0 aliphatic heterocycles. The molecule has 4 nitrogen and oxygen atoms in total. The van der Waals surface area contributed by atoms with Crippen molar-refractivity contribution in [2.45, 2.75) is 29.1 Å². The molecule has 0 saturated carbocycles. The van der Waals surface area contributed by atoms with Gasteiger partial charge in [-0.15, -0.1) is 11.3 Å². The van der Waals surface area contributed by atoms with Gasteiger partial charge in [0, 0.05) is 6.54 Å². The highest BCUT2D eigenvalue weighted by molar-refractivity contribution is 7.91. The lowest BCUT2D eigenvalue weighted by molar-refractivity contribution is 0.0243. The normalized spacial score (nSPS) is 22.0. The molecule has 21 heavy (non-hydrogen) atoms. The summed E-state index contributed by atoms with van der Waals surface area (Å²) in [5.74, 6) is 0. The zero-order chi connectivity index (χ0) is 14.9. The molecule has 0 bridgehead atoms. The molecule has 1 heterocycles. The second-order valence-corrected chi connectivity index (χ2v) is 8.24. The molecule has 1 aliphatic rings. The maximum absolute atomic E-state index is 12.2. The molecule has 0 amide bonds. The first-order valence-electron chi connectivity index (χ1n) is 6.85. The van der Waals surface area contributed by atoms with Crippen molar-refractivity contribution in [1.29, 1.82) is 0 Å². The Bertz CT molecular complexity index is 725. The van der Waals surface area contributed by atoms with Gasteiger partial charge in [0.25, 0.3) is 0 Å². The van der Waals surface area contributed by atoms with E-state index in [4.69, 9.17) is 0 Å². The second-order valence-electron chi connectivity index (χ2n) is 5.30. The maximum atomic E-state index is 12.2. The minimum absolute atomic E-state index is 0.00421. The molecular weight excluding hydrogens is 306 g/mol. The van der Waals surface area contributed by atoms with Crippen molar-refractivity contribution in [3.8, 4) is 0 Å². The van der Waals surface area contributed by atoms with E-state index in [0.717, 1.165) is 24.0 Å². The monoisotopic (exact) mass is 323 g/mol. The van der Waals surface area contributed by atoms with Gasteiger partial charge in [0.2, 0.25) is 10.0 Å². The second kappa shape index (κ2) is 5.53. The standard InChI is InChI=1S/C15H17NO3S2/c17-15(9-3-6-12-5-1-2-7-13(12)15)11-16-21(18,19)14-8-4-10-20-14/h1-2,4-5,7-8,10,16-17H,3,6,9,11H2. The molecular formula is C15H17NO3S2. The molecule has 0 fully saturated rings. The maximum Gasteiger partial charge on any atom is 0.250 e. The topological polar surface area (TPSA) is 66.4 Å². The third-order valence-corrected chi connectivity index (χ3v) is 6.67. The third-order valence-electron chi connectivity index (χ3n) is 3.87. The summed E-state index contributed by atoms with van der Waals surface area (Å²) in [5, 5.41) is 12.6. The Morgan fingerprint density at radius 2 is 2.05 bits per heavy atom. The summed E-state index contributed by atoms with van der Waals surface area (Å²) in [6, 6.07) is 11.0. The van der Waals surface area contributed by atoms with Crippen LogP contribution in [0.15, 0.2) is 46.0 Å². The van der Waals surface area contributed by atoms with Crippen LogP contribution in [0.1, 0.15) is 24.0 Å². The Kier molecular flexibility index (Phi) is 3.88. The van der Waals surface area contributed by atoms with Crippen molar-refractivity contribution < 1.29 is 13.5 Å². The van der Waals surface area contributed by atoms with Gasteiger partial charge in [-0.1, -0.05) is 30.3 Å². The fraction of sp³-hybridized carbons (Fsp3) is 0.333. The fourth-order valence-electron chi connectivity index (χ4n) is 2.78. The highest BCUT2D eigenvalue weighted by Gasteiger charge is 2.35. The molecule has 6 heteroatoms. The summed E-state index contributed by atoms with van der Waals surface area (Å²) in [6.07, 6.45) is 2.35. The number of fused-ring (bicyclic) bond motifs is 1. The van der Waals surface area contributed by atoms with E-state index in [2.05, 4.69) is 4.72 Å². The van der Waals surface area contributed by atoms with Gasteiger partial charge in [-0.2, -0.15) is 0 Å². The SMILES string of the molecule is O=S(=O)(NCC1(O)CCCc2ccccc21)c1cccs1. The number of thiophene rings is 1. The van der Waals surface area contributed by atoms with Crippen LogP contribution in [0.5, 0.6) is 0 Å². The Morgan fingerprint density at radius 3 is 2.81 bits per heavy atom. The minimum atomic E-state index is -3.55. The lowest BCUT2D eigenvalue weighted by atomic mass is 9.79. The smallest absolute Gasteiger partial charge is 0.250 e. The Hall–Kier alpha value is -1.21. The molecule has 1 unspecified atom stereocenters. The van der Waals surface area contributed by atoms with E-state index < -0.39 is 15.6 Å². The van der Waals surface area contributed by atoms with Crippen molar-refractivity contribution >= 4 is 21.4 Å². The van der Waals surface area contributed by atoms with Crippen LogP contribution in [0.2, 0.25) is 0 Å². The third kappa shape index (κ3) is 2.89. The molecule has 1 atom stereocenters. The molecule has 1 aromatic carbocycles. The summed E-state index contributed by atoms with van der Waals surface area (Å²) in [5.41, 5.74) is 0.811. The van der Waals surface area contributed by atoms with Gasteiger partial charge in [-0.05, 0) is 41.8 Å². The van der Waals surface area contributed by atoms with Crippen molar-refractivity contribution in [1.82, 2.24) is 4.72 Å². The summed E-state index contributed by atoms with van der Waals surface area (Å²) >= 11 is 1.17. The van der Waals surface area contributed by atoms with Crippen molar-refractivity contribution in [2.24, 2.45) is 0 Å². The Morgan fingerprint density at radius 1 is 1.24 bits per heavy atom. The van der Waals surface area contributed by atoms with E-state index in [0.29, 0.717) is 6.42 Å².